The second-order valence-corrected chi connectivity index (χ2v) is 6.97. The number of hydrogen-bond acceptors (Lipinski definition) is 2. The summed E-state index contributed by atoms with van der Waals surface area (Å²) < 4.78 is 3.28. The first-order valence-corrected chi connectivity index (χ1v) is 8.38. The summed E-state index contributed by atoms with van der Waals surface area (Å²) in [6, 6.07) is 4.72. The predicted molar refractivity (Wildman–Crippen MR) is 87.5 cm³/mol. The first kappa shape index (κ1) is 13.9. The van der Waals surface area contributed by atoms with E-state index in [-0.39, 0.29) is 0 Å². The van der Waals surface area contributed by atoms with E-state index < -0.39 is 0 Å². The minimum Gasteiger partial charge on any atom is -0.367 e. The standard InChI is InChI=1S/C16H22BrN3/c1-11(2)15-16(18-13-6-4-3-5-7-13)20-10-12(17)8-9-14(20)19-15/h8-11,13,18H,3-7H2,1-2H3. The van der Waals surface area contributed by atoms with Crippen LogP contribution in [-0.2, 0) is 0 Å². The third kappa shape index (κ3) is 2.71. The van der Waals surface area contributed by atoms with Gasteiger partial charge in [0.2, 0.25) is 0 Å². The zero-order valence-corrected chi connectivity index (χ0v) is 13.8. The SMILES string of the molecule is CC(C)c1nc2ccc(Br)cn2c1NC1CCCCC1. The highest BCUT2D eigenvalue weighted by molar-refractivity contribution is 9.10. The number of pyridine rings is 1. The van der Waals surface area contributed by atoms with Crippen molar-refractivity contribution in [3.05, 3.63) is 28.5 Å². The molecule has 108 valence electrons. The second kappa shape index (κ2) is 5.76. The van der Waals surface area contributed by atoms with Gasteiger partial charge in [0.25, 0.3) is 0 Å². The maximum Gasteiger partial charge on any atom is 0.138 e. The number of nitrogens with zero attached hydrogens (tertiary/aromatic N) is 2. The number of aromatic nitrogens is 2. The summed E-state index contributed by atoms with van der Waals surface area (Å²) in [5, 5.41) is 3.76. The van der Waals surface area contributed by atoms with Crippen LogP contribution in [0.1, 0.15) is 57.6 Å². The van der Waals surface area contributed by atoms with Crippen LogP contribution < -0.4 is 5.32 Å². The highest BCUT2D eigenvalue weighted by Gasteiger charge is 2.20. The van der Waals surface area contributed by atoms with Gasteiger partial charge in [0.15, 0.2) is 0 Å². The molecule has 20 heavy (non-hydrogen) atoms. The molecule has 0 aromatic carbocycles. The highest BCUT2D eigenvalue weighted by atomic mass is 79.9. The molecule has 1 saturated carbocycles. The number of halogens is 1. The fourth-order valence-corrected chi connectivity index (χ4v) is 3.36. The zero-order chi connectivity index (χ0) is 14.1. The minimum absolute atomic E-state index is 0.430. The average molecular weight is 336 g/mol. The minimum atomic E-state index is 0.430. The van der Waals surface area contributed by atoms with E-state index in [9.17, 15) is 0 Å². The molecule has 3 nitrogen and oxygen atoms in total. The molecule has 1 aliphatic rings. The third-order valence-electron chi connectivity index (χ3n) is 4.10. The first-order chi connectivity index (χ1) is 9.65. The predicted octanol–water partition coefficient (Wildman–Crippen LogP) is 4.96. The molecule has 0 atom stereocenters. The molecule has 0 aliphatic heterocycles. The van der Waals surface area contributed by atoms with Crippen molar-refractivity contribution in [3.63, 3.8) is 0 Å². The molecular formula is C16H22BrN3. The van der Waals surface area contributed by atoms with E-state index in [1.807, 2.05) is 0 Å². The maximum atomic E-state index is 4.80. The van der Waals surface area contributed by atoms with Gasteiger partial charge in [-0.25, -0.2) is 4.98 Å². The van der Waals surface area contributed by atoms with Crippen molar-refractivity contribution in [1.82, 2.24) is 9.38 Å². The zero-order valence-electron chi connectivity index (χ0n) is 12.2. The van der Waals surface area contributed by atoms with Crippen LogP contribution in [0.5, 0.6) is 0 Å². The molecule has 2 aromatic rings. The monoisotopic (exact) mass is 335 g/mol. The smallest absolute Gasteiger partial charge is 0.138 e. The van der Waals surface area contributed by atoms with Crippen molar-refractivity contribution in [2.75, 3.05) is 5.32 Å². The van der Waals surface area contributed by atoms with Crippen molar-refractivity contribution in [2.45, 2.75) is 57.9 Å². The van der Waals surface area contributed by atoms with Crippen molar-refractivity contribution in [2.24, 2.45) is 0 Å². The van der Waals surface area contributed by atoms with Gasteiger partial charge in [0.1, 0.15) is 11.5 Å². The van der Waals surface area contributed by atoms with E-state index >= 15 is 0 Å². The summed E-state index contributed by atoms with van der Waals surface area (Å²) in [4.78, 5) is 4.80. The number of imidazole rings is 1. The van der Waals surface area contributed by atoms with Gasteiger partial charge in [-0.2, -0.15) is 0 Å². The number of hydrogen-bond donors (Lipinski definition) is 1. The summed E-state index contributed by atoms with van der Waals surface area (Å²) in [5.41, 5.74) is 2.20. The normalized spacial score (nSPS) is 17.0. The summed E-state index contributed by atoms with van der Waals surface area (Å²) >= 11 is 3.56. The Hall–Kier alpha value is -1.03. The van der Waals surface area contributed by atoms with E-state index in [1.54, 1.807) is 0 Å². The average Bonchev–Trinajstić information content (AvgIpc) is 2.78. The van der Waals surface area contributed by atoms with Crippen LogP contribution in [0.2, 0.25) is 0 Å². The van der Waals surface area contributed by atoms with Crippen LogP contribution >= 0.6 is 15.9 Å². The molecule has 1 aliphatic carbocycles. The van der Waals surface area contributed by atoms with Gasteiger partial charge in [0.05, 0.1) is 5.69 Å². The Bertz CT molecular complexity index is 597. The highest BCUT2D eigenvalue weighted by Crippen LogP contribution is 2.29. The Balaban J connectivity index is 2.01. The van der Waals surface area contributed by atoms with Gasteiger partial charge in [-0.3, -0.25) is 4.40 Å². The van der Waals surface area contributed by atoms with Crippen molar-refractivity contribution >= 4 is 27.4 Å². The molecule has 3 rings (SSSR count). The molecule has 1 N–H and O–H groups in total. The Morgan fingerprint density at radius 2 is 2.00 bits per heavy atom. The van der Waals surface area contributed by atoms with Gasteiger partial charge >= 0.3 is 0 Å². The van der Waals surface area contributed by atoms with Crippen LogP contribution in [-0.4, -0.2) is 15.4 Å². The summed E-state index contributed by atoms with van der Waals surface area (Å²) in [6.07, 6.45) is 8.73. The van der Waals surface area contributed by atoms with Crippen LogP contribution in [0, 0.1) is 0 Å². The Kier molecular flexibility index (Phi) is 4.01. The Morgan fingerprint density at radius 3 is 2.70 bits per heavy atom. The van der Waals surface area contributed by atoms with Crippen molar-refractivity contribution in [3.8, 4) is 0 Å². The molecular weight excluding hydrogens is 314 g/mol. The topological polar surface area (TPSA) is 29.3 Å². The van der Waals surface area contributed by atoms with E-state index in [1.165, 1.54) is 43.6 Å². The van der Waals surface area contributed by atoms with Crippen molar-refractivity contribution in [1.29, 1.82) is 0 Å². The molecule has 0 unspecified atom stereocenters. The molecule has 0 saturated heterocycles. The Morgan fingerprint density at radius 1 is 1.25 bits per heavy atom. The van der Waals surface area contributed by atoms with E-state index in [4.69, 9.17) is 4.98 Å². The fourth-order valence-electron chi connectivity index (χ4n) is 3.02. The van der Waals surface area contributed by atoms with Gasteiger partial charge < -0.3 is 5.32 Å². The number of rotatable bonds is 3. The van der Waals surface area contributed by atoms with E-state index in [0.717, 1.165) is 10.1 Å². The molecule has 4 heteroatoms. The van der Waals surface area contributed by atoms with Crippen LogP contribution in [0.4, 0.5) is 5.82 Å². The van der Waals surface area contributed by atoms with Crippen molar-refractivity contribution < 1.29 is 0 Å². The lowest BCUT2D eigenvalue weighted by atomic mass is 9.95. The van der Waals surface area contributed by atoms with Gasteiger partial charge in [-0.1, -0.05) is 33.1 Å². The lowest BCUT2D eigenvalue weighted by molar-refractivity contribution is 0.461. The number of nitrogens with one attached hydrogen (secondary N) is 1. The molecule has 0 spiro atoms. The lowest BCUT2D eigenvalue weighted by Gasteiger charge is -2.24. The van der Waals surface area contributed by atoms with Crippen LogP contribution in [0.3, 0.4) is 0 Å². The molecule has 0 radical (unpaired) electrons. The molecule has 2 aromatic heterocycles. The van der Waals surface area contributed by atoms with E-state index in [0.29, 0.717) is 12.0 Å². The lowest BCUT2D eigenvalue weighted by Crippen LogP contribution is -2.23. The third-order valence-corrected chi connectivity index (χ3v) is 4.57. The molecule has 2 heterocycles. The maximum absolute atomic E-state index is 4.80. The quantitative estimate of drug-likeness (QED) is 0.858. The van der Waals surface area contributed by atoms with Gasteiger partial charge in [-0.05, 0) is 46.8 Å². The largest absolute Gasteiger partial charge is 0.367 e. The molecule has 0 amide bonds. The first-order valence-electron chi connectivity index (χ1n) is 7.59. The molecule has 0 bridgehead atoms. The summed E-state index contributed by atoms with van der Waals surface area (Å²) in [5.74, 6) is 1.61. The van der Waals surface area contributed by atoms with Gasteiger partial charge in [0, 0.05) is 16.7 Å². The summed E-state index contributed by atoms with van der Waals surface area (Å²) in [7, 11) is 0. The van der Waals surface area contributed by atoms with Crippen LogP contribution in [0.25, 0.3) is 5.65 Å². The Labute approximate surface area is 128 Å². The summed E-state index contributed by atoms with van der Waals surface area (Å²) in [6.45, 7) is 4.42. The van der Waals surface area contributed by atoms with Gasteiger partial charge in [-0.15, -0.1) is 0 Å². The number of fused-ring (bicyclic) bond motifs is 1. The molecule has 1 fully saturated rings. The second-order valence-electron chi connectivity index (χ2n) is 6.06. The fraction of sp³-hybridized carbons (Fsp3) is 0.562. The van der Waals surface area contributed by atoms with Crippen LogP contribution in [0.15, 0.2) is 22.8 Å². The number of anilines is 1. The van der Waals surface area contributed by atoms with E-state index in [2.05, 4.69) is 57.8 Å².